The standard InChI is InChI=1S/C11H22N3/c1-7-9-14(10-8-2)11(12(3)4)13(5)6/h7-8H,1-2,9-10H2,3-6H3/q+1. The zero-order chi connectivity index (χ0) is 11.1. The van der Waals surface area contributed by atoms with Crippen LogP contribution in [0.25, 0.3) is 0 Å². The minimum atomic E-state index is 0.831. The smallest absolute Gasteiger partial charge is 0.270 e. The van der Waals surface area contributed by atoms with E-state index < -0.39 is 0 Å². The highest BCUT2D eigenvalue weighted by atomic mass is 15.4. The van der Waals surface area contributed by atoms with Gasteiger partial charge in [0.1, 0.15) is 0 Å². The van der Waals surface area contributed by atoms with Crippen molar-refractivity contribution in [1.82, 2.24) is 9.80 Å². The van der Waals surface area contributed by atoms with E-state index in [1.807, 2.05) is 40.3 Å². The first-order valence-corrected chi connectivity index (χ1v) is 4.73. The minimum absolute atomic E-state index is 0.831. The van der Waals surface area contributed by atoms with Gasteiger partial charge in [0.2, 0.25) is 0 Å². The van der Waals surface area contributed by atoms with Crippen molar-refractivity contribution in [3.63, 3.8) is 0 Å². The molecule has 0 aliphatic carbocycles. The summed E-state index contributed by atoms with van der Waals surface area (Å²) in [5, 5.41) is 0. The molecule has 0 saturated carbocycles. The van der Waals surface area contributed by atoms with E-state index in [-0.39, 0.29) is 0 Å². The third-order valence-corrected chi connectivity index (χ3v) is 1.78. The van der Waals surface area contributed by atoms with E-state index in [2.05, 4.69) is 27.5 Å². The maximum Gasteiger partial charge on any atom is 0.350 e. The quantitative estimate of drug-likeness (QED) is 0.285. The summed E-state index contributed by atoms with van der Waals surface area (Å²) < 4.78 is 2.09. The van der Waals surface area contributed by atoms with E-state index >= 15 is 0 Å². The van der Waals surface area contributed by atoms with Crippen LogP contribution in [-0.4, -0.2) is 61.6 Å². The minimum Gasteiger partial charge on any atom is -0.270 e. The maximum absolute atomic E-state index is 3.76. The Morgan fingerprint density at radius 1 is 1.14 bits per heavy atom. The maximum atomic E-state index is 3.76. The lowest BCUT2D eigenvalue weighted by molar-refractivity contribution is -0.475. The summed E-state index contributed by atoms with van der Waals surface area (Å²) >= 11 is 0. The molecule has 14 heavy (non-hydrogen) atoms. The van der Waals surface area contributed by atoms with Gasteiger partial charge >= 0.3 is 5.96 Å². The molecule has 0 unspecified atom stereocenters. The molecule has 0 N–H and O–H groups in total. The first-order valence-electron chi connectivity index (χ1n) is 4.73. The molecule has 0 spiro atoms. The first-order chi connectivity index (χ1) is 6.54. The Morgan fingerprint density at radius 2 is 1.57 bits per heavy atom. The topological polar surface area (TPSA) is 9.49 Å². The van der Waals surface area contributed by atoms with Crippen LogP contribution in [0.1, 0.15) is 0 Å². The summed E-state index contributed by atoms with van der Waals surface area (Å²) in [5.41, 5.74) is 0. The van der Waals surface area contributed by atoms with E-state index in [1.54, 1.807) is 0 Å². The van der Waals surface area contributed by atoms with Gasteiger partial charge in [-0.1, -0.05) is 25.3 Å². The van der Waals surface area contributed by atoms with E-state index in [0.717, 1.165) is 19.0 Å². The van der Waals surface area contributed by atoms with Gasteiger partial charge in [-0.2, -0.15) is 0 Å². The Labute approximate surface area is 87.6 Å². The van der Waals surface area contributed by atoms with Crippen LogP contribution in [0.5, 0.6) is 0 Å². The average Bonchev–Trinajstić information content (AvgIpc) is 2.03. The molecule has 0 aliphatic heterocycles. The lowest BCUT2D eigenvalue weighted by Crippen LogP contribution is -2.45. The number of rotatable bonds is 4. The molecule has 3 heteroatoms. The lowest BCUT2D eigenvalue weighted by Gasteiger charge is -2.22. The SMILES string of the molecule is C=CCN(CC=C)C(N(C)C)=[N+](C)C. The van der Waals surface area contributed by atoms with Crippen molar-refractivity contribution in [3.8, 4) is 0 Å². The van der Waals surface area contributed by atoms with Crippen molar-refractivity contribution in [1.29, 1.82) is 0 Å². The van der Waals surface area contributed by atoms with Gasteiger partial charge in [0, 0.05) is 0 Å². The number of nitrogens with zero attached hydrogens (tertiary/aromatic N) is 3. The predicted octanol–water partition coefficient (Wildman–Crippen LogP) is 0.850. The fourth-order valence-corrected chi connectivity index (χ4v) is 1.52. The third-order valence-electron chi connectivity index (χ3n) is 1.78. The Morgan fingerprint density at radius 3 is 1.79 bits per heavy atom. The summed E-state index contributed by atoms with van der Waals surface area (Å²) in [5.74, 6) is 1.16. The van der Waals surface area contributed by atoms with Crippen molar-refractivity contribution in [2.24, 2.45) is 0 Å². The fraction of sp³-hybridized carbons (Fsp3) is 0.545. The average molecular weight is 196 g/mol. The van der Waals surface area contributed by atoms with Crippen LogP contribution in [0.2, 0.25) is 0 Å². The van der Waals surface area contributed by atoms with Crippen LogP contribution in [0, 0.1) is 0 Å². The van der Waals surface area contributed by atoms with Gasteiger partial charge in [-0.25, -0.2) is 0 Å². The van der Waals surface area contributed by atoms with Crippen LogP contribution in [0.4, 0.5) is 0 Å². The summed E-state index contributed by atoms with van der Waals surface area (Å²) in [4.78, 5) is 4.30. The van der Waals surface area contributed by atoms with Crippen molar-refractivity contribution >= 4 is 5.96 Å². The molecule has 0 atom stereocenters. The van der Waals surface area contributed by atoms with Crippen LogP contribution in [-0.2, 0) is 0 Å². The Balaban J connectivity index is 4.82. The Bertz CT molecular complexity index is 215. The second kappa shape index (κ2) is 6.24. The van der Waals surface area contributed by atoms with E-state index in [4.69, 9.17) is 0 Å². The normalized spacial score (nSPS) is 9.14. The van der Waals surface area contributed by atoms with Gasteiger partial charge in [-0.3, -0.25) is 14.4 Å². The third kappa shape index (κ3) is 3.64. The van der Waals surface area contributed by atoms with Gasteiger partial charge in [0.15, 0.2) is 0 Å². The van der Waals surface area contributed by atoms with Crippen molar-refractivity contribution in [3.05, 3.63) is 25.3 Å². The molecule has 0 aromatic rings. The van der Waals surface area contributed by atoms with Crippen molar-refractivity contribution in [2.75, 3.05) is 41.3 Å². The van der Waals surface area contributed by atoms with Gasteiger partial charge in [-0.05, 0) is 0 Å². The number of guanidine groups is 1. The van der Waals surface area contributed by atoms with Gasteiger partial charge in [0.05, 0.1) is 41.3 Å². The summed E-state index contributed by atoms with van der Waals surface area (Å²) in [6, 6.07) is 0. The second-order valence-electron chi connectivity index (χ2n) is 3.57. The molecule has 0 fully saturated rings. The van der Waals surface area contributed by atoms with Gasteiger partial charge in [0.25, 0.3) is 0 Å². The molecule has 0 amide bonds. The predicted molar refractivity (Wildman–Crippen MR) is 62.8 cm³/mol. The van der Waals surface area contributed by atoms with Crippen molar-refractivity contribution < 1.29 is 4.58 Å². The molecular weight excluding hydrogens is 174 g/mol. The van der Waals surface area contributed by atoms with Crippen LogP contribution < -0.4 is 0 Å². The molecule has 0 rings (SSSR count). The number of hydrogen-bond donors (Lipinski definition) is 0. The van der Waals surface area contributed by atoms with Crippen molar-refractivity contribution in [2.45, 2.75) is 0 Å². The largest absolute Gasteiger partial charge is 0.350 e. The van der Waals surface area contributed by atoms with Gasteiger partial charge in [-0.15, -0.1) is 0 Å². The first kappa shape index (κ1) is 12.8. The van der Waals surface area contributed by atoms with Crippen LogP contribution >= 0.6 is 0 Å². The highest BCUT2D eigenvalue weighted by molar-refractivity contribution is 5.74. The number of hydrogen-bond acceptors (Lipinski definition) is 0. The molecule has 0 aromatic carbocycles. The lowest BCUT2D eigenvalue weighted by atomic mass is 10.4. The molecule has 0 saturated heterocycles. The molecular formula is C11H22N3+. The van der Waals surface area contributed by atoms with Gasteiger partial charge < -0.3 is 0 Å². The Hall–Kier alpha value is -1.25. The molecule has 80 valence electrons. The highest BCUT2D eigenvalue weighted by Gasteiger charge is 2.19. The summed E-state index contributed by atoms with van der Waals surface area (Å²) in [6.45, 7) is 9.18. The zero-order valence-corrected chi connectivity index (χ0v) is 9.82. The molecule has 0 heterocycles. The molecule has 0 radical (unpaired) electrons. The van der Waals surface area contributed by atoms with E-state index in [1.165, 1.54) is 0 Å². The highest BCUT2D eigenvalue weighted by Crippen LogP contribution is 1.95. The molecule has 0 aliphatic rings. The monoisotopic (exact) mass is 196 g/mol. The fourth-order valence-electron chi connectivity index (χ4n) is 1.52. The Kier molecular flexibility index (Phi) is 5.68. The molecule has 0 bridgehead atoms. The van der Waals surface area contributed by atoms with Crippen LogP contribution in [0.3, 0.4) is 0 Å². The molecule has 3 nitrogen and oxygen atoms in total. The summed E-state index contributed by atoms with van der Waals surface area (Å²) in [6.07, 6.45) is 3.80. The summed E-state index contributed by atoms with van der Waals surface area (Å²) in [7, 11) is 8.14. The second-order valence-corrected chi connectivity index (χ2v) is 3.57. The zero-order valence-electron chi connectivity index (χ0n) is 9.82. The van der Waals surface area contributed by atoms with E-state index in [0.29, 0.717) is 0 Å². The molecule has 0 aromatic heterocycles. The van der Waals surface area contributed by atoms with E-state index in [9.17, 15) is 0 Å². The van der Waals surface area contributed by atoms with Crippen LogP contribution in [0.15, 0.2) is 25.3 Å².